The third kappa shape index (κ3) is 3.79. The largest absolute Gasteiger partial charge is 0.485 e. The number of hydrogen-bond donors (Lipinski definition) is 0. The molecule has 0 aliphatic heterocycles. The maximum absolute atomic E-state index is 12.8. The van der Waals surface area contributed by atoms with Crippen LogP contribution < -0.4 is 4.74 Å². The van der Waals surface area contributed by atoms with Gasteiger partial charge in [0.25, 0.3) is 0 Å². The quantitative estimate of drug-likeness (QED) is 0.640. The summed E-state index contributed by atoms with van der Waals surface area (Å²) >= 11 is 0. The lowest BCUT2D eigenvalue weighted by atomic mass is 10.1. The van der Waals surface area contributed by atoms with Gasteiger partial charge >= 0.3 is 12.1 Å². The average Bonchev–Trinajstić information content (AvgIpc) is 3.04. The maximum atomic E-state index is 12.8. The van der Waals surface area contributed by atoms with Crippen molar-refractivity contribution >= 4 is 11.6 Å². The minimum Gasteiger partial charge on any atom is -0.485 e. The summed E-state index contributed by atoms with van der Waals surface area (Å²) in [6.45, 7) is 1.86. The first-order valence-corrected chi connectivity index (χ1v) is 7.82. The molecule has 0 radical (unpaired) electrons. The van der Waals surface area contributed by atoms with E-state index in [2.05, 4.69) is 4.98 Å². The summed E-state index contributed by atoms with van der Waals surface area (Å²) in [5.41, 5.74) is 0.144. The molecule has 0 saturated heterocycles. The molecule has 0 atom stereocenters. The first-order valence-electron chi connectivity index (χ1n) is 7.82. The number of hydrogen-bond acceptors (Lipinski definition) is 4. The second-order valence-electron chi connectivity index (χ2n) is 5.44. The molecule has 0 bridgehead atoms. The molecule has 0 aliphatic rings. The molecule has 136 valence electrons. The van der Waals surface area contributed by atoms with Crippen molar-refractivity contribution in [1.29, 1.82) is 0 Å². The monoisotopic (exact) mass is 364 g/mol. The molecular weight excluding hydrogens is 349 g/mol. The molecule has 0 unspecified atom stereocenters. The number of nitrogens with zero attached hydrogens (tertiary/aromatic N) is 2. The number of rotatable bonds is 5. The van der Waals surface area contributed by atoms with E-state index in [0.29, 0.717) is 17.0 Å². The molecule has 5 nitrogen and oxygen atoms in total. The predicted octanol–water partition coefficient (Wildman–Crippen LogP) is 4.11. The van der Waals surface area contributed by atoms with E-state index >= 15 is 0 Å². The highest BCUT2D eigenvalue weighted by atomic mass is 19.4. The number of pyridine rings is 1. The predicted molar refractivity (Wildman–Crippen MR) is 86.9 cm³/mol. The van der Waals surface area contributed by atoms with Crippen LogP contribution in [0.5, 0.6) is 5.75 Å². The van der Waals surface area contributed by atoms with Gasteiger partial charge in [-0.3, -0.25) is 0 Å². The molecule has 3 rings (SSSR count). The average molecular weight is 364 g/mol. The van der Waals surface area contributed by atoms with Crippen LogP contribution in [0.4, 0.5) is 13.2 Å². The summed E-state index contributed by atoms with van der Waals surface area (Å²) < 4.78 is 50.5. The van der Waals surface area contributed by atoms with E-state index in [0.717, 1.165) is 12.1 Å². The van der Waals surface area contributed by atoms with E-state index in [1.54, 1.807) is 35.7 Å². The summed E-state index contributed by atoms with van der Waals surface area (Å²) in [5.74, 6) is -0.208. The van der Waals surface area contributed by atoms with Gasteiger partial charge in [0, 0.05) is 12.4 Å². The van der Waals surface area contributed by atoms with Crippen molar-refractivity contribution < 1.29 is 27.4 Å². The van der Waals surface area contributed by atoms with E-state index in [4.69, 9.17) is 9.47 Å². The number of alkyl halides is 3. The lowest BCUT2D eigenvalue weighted by Crippen LogP contribution is -2.06. The second-order valence-corrected chi connectivity index (χ2v) is 5.44. The van der Waals surface area contributed by atoms with Gasteiger partial charge in [-0.25, -0.2) is 9.78 Å². The van der Waals surface area contributed by atoms with Crippen LogP contribution in [-0.4, -0.2) is 22.0 Å². The van der Waals surface area contributed by atoms with E-state index in [1.165, 1.54) is 12.3 Å². The van der Waals surface area contributed by atoms with Gasteiger partial charge in [0.05, 0.1) is 12.2 Å². The van der Waals surface area contributed by atoms with Crippen LogP contribution >= 0.6 is 0 Å². The standard InChI is InChI=1S/C18H15F3N2O3/c1-2-25-17(24)14-10-23-8-4-7-15(16(23)22-14)26-11-12-5-3-6-13(9-12)18(19,20)21/h3-10H,2,11H2,1H3. The van der Waals surface area contributed by atoms with Crippen molar-refractivity contribution in [1.82, 2.24) is 9.38 Å². The highest BCUT2D eigenvalue weighted by Crippen LogP contribution is 2.30. The smallest absolute Gasteiger partial charge is 0.416 e. The third-order valence-corrected chi connectivity index (χ3v) is 3.58. The van der Waals surface area contributed by atoms with Crippen LogP contribution in [0.25, 0.3) is 5.65 Å². The summed E-state index contributed by atoms with van der Waals surface area (Å²) in [4.78, 5) is 16.0. The molecule has 26 heavy (non-hydrogen) atoms. The Labute approximate surface area is 147 Å². The van der Waals surface area contributed by atoms with E-state index in [9.17, 15) is 18.0 Å². The van der Waals surface area contributed by atoms with Crippen molar-refractivity contribution in [3.63, 3.8) is 0 Å². The number of imidazole rings is 1. The zero-order chi connectivity index (χ0) is 18.7. The molecule has 3 aromatic rings. The number of fused-ring (bicyclic) bond motifs is 1. The molecule has 2 aromatic heterocycles. The van der Waals surface area contributed by atoms with Crippen LogP contribution in [0, 0.1) is 0 Å². The first-order chi connectivity index (χ1) is 12.4. The summed E-state index contributed by atoms with van der Waals surface area (Å²) in [6.07, 6.45) is -1.22. The molecule has 8 heteroatoms. The van der Waals surface area contributed by atoms with Crippen LogP contribution in [0.3, 0.4) is 0 Å². The first kappa shape index (κ1) is 17.8. The lowest BCUT2D eigenvalue weighted by molar-refractivity contribution is -0.137. The van der Waals surface area contributed by atoms with E-state index in [1.807, 2.05) is 0 Å². The van der Waals surface area contributed by atoms with Gasteiger partial charge < -0.3 is 13.9 Å². The molecule has 0 N–H and O–H groups in total. The van der Waals surface area contributed by atoms with Crippen molar-refractivity contribution in [3.8, 4) is 5.75 Å². The Bertz CT molecular complexity index is 935. The SMILES string of the molecule is CCOC(=O)c1cn2cccc(OCc3cccc(C(F)(F)F)c3)c2n1. The molecule has 1 aromatic carbocycles. The Morgan fingerprint density at radius 1 is 1.23 bits per heavy atom. The number of esters is 1. The minimum atomic E-state index is -4.41. The summed E-state index contributed by atoms with van der Waals surface area (Å²) in [5, 5.41) is 0. The van der Waals surface area contributed by atoms with E-state index < -0.39 is 17.7 Å². The molecular formula is C18H15F3N2O3. The third-order valence-electron chi connectivity index (χ3n) is 3.58. The van der Waals surface area contributed by atoms with Crippen molar-refractivity contribution in [3.05, 3.63) is 65.6 Å². The Morgan fingerprint density at radius 2 is 2.04 bits per heavy atom. The van der Waals surface area contributed by atoms with Gasteiger partial charge in [-0.05, 0) is 36.8 Å². The molecule has 0 saturated carbocycles. The maximum Gasteiger partial charge on any atom is 0.416 e. The topological polar surface area (TPSA) is 52.8 Å². The Kier molecular flexibility index (Phi) is 4.83. The lowest BCUT2D eigenvalue weighted by Gasteiger charge is -2.10. The van der Waals surface area contributed by atoms with Gasteiger partial charge in [0.15, 0.2) is 17.1 Å². The minimum absolute atomic E-state index is 0.0643. The number of ether oxygens (including phenoxy) is 2. The Morgan fingerprint density at radius 3 is 2.77 bits per heavy atom. The molecule has 0 spiro atoms. The molecule has 0 amide bonds. The van der Waals surface area contributed by atoms with Gasteiger partial charge in [-0.2, -0.15) is 13.2 Å². The number of carbonyl (C=O) groups is 1. The van der Waals surface area contributed by atoms with Crippen molar-refractivity contribution in [2.75, 3.05) is 6.61 Å². The molecule has 0 fully saturated rings. The highest BCUT2D eigenvalue weighted by molar-refractivity contribution is 5.88. The Balaban J connectivity index is 1.82. The summed E-state index contributed by atoms with van der Waals surface area (Å²) in [6, 6.07) is 8.23. The zero-order valence-corrected chi connectivity index (χ0v) is 13.8. The van der Waals surface area contributed by atoms with Gasteiger partial charge in [0.2, 0.25) is 0 Å². The fraction of sp³-hybridized carbons (Fsp3) is 0.222. The van der Waals surface area contributed by atoms with Crippen molar-refractivity contribution in [2.45, 2.75) is 19.7 Å². The number of halogens is 3. The molecule has 2 heterocycles. The number of aromatic nitrogens is 2. The normalized spacial score (nSPS) is 11.5. The van der Waals surface area contributed by atoms with Gasteiger partial charge in [-0.1, -0.05) is 12.1 Å². The number of benzene rings is 1. The number of carbonyl (C=O) groups excluding carboxylic acids is 1. The van der Waals surface area contributed by atoms with Crippen molar-refractivity contribution in [2.24, 2.45) is 0 Å². The fourth-order valence-corrected chi connectivity index (χ4v) is 2.40. The van der Waals surface area contributed by atoms with Crippen LogP contribution in [0.2, 0.25) is 0 Å². The van der Waals surface area contributed by atoms with E-state index in [-0.39, 0.29) is 18.9 Å². The fourth-order valence-electron chi connectivity index (χ4n) is 2.40. The Hall–Kier alpha value is -3.03. The second kappa shape index (κ2) is 7.07. The van der Waals surface area contributed by atoms with Crippen LogP contribution in [0.15, 0.2) is 48.8 Å². The van der Waals surface area contributed by atoms with Gasteiger partial charge in [-0.15, -0.1) is 0 Å². The zero-order valence-electron chi connectivity index (χ0n) is 13.8. The molecule has 0 aliphatic carbocycles. The highest BCUT2D eigenvalue weighted by Gasteiger charge is 2.30. The summed E-state index contributed by atoms with van der Waals surface area (Å²) in [7, 11) is 0. The van der Waals surface area contributed by atoms with Crippen LogP contribution in [0.1, 0.15) is 28.5 Å². The van der Waals surface area contributed by atoms with Gasteiger partial charge in [0.1, 0.15) is 6.61 Å². The van der Waals surface area contributed by atoms with Crippen LogP contribution in [-0.2, 0) is 17.5 Å².